The summed E-state index contributed by atoms with van der Waals surface area (Å²) in [5.74, 6) is 0.157. The van der Waals surface area contributed by atoms with Crippen LogP contribution in [0.3, 0.4) is 0 Å². The number of hydrogen-bond donors (Lipinski definition) is 1. The maximum atomic E-state index is 11.8. The fourth-order valence-corrected chi connectivity index (χ4v) is 1.94. The zero-order valence-electron chi connectivity index (χ0n) is 9.16. The van der Waals surface area contributed by atoms with E-state index < -0.39 is 0 Å². The van der Waals surface area contributed by atoms with E-state index in [0.717, 1.165) is 13.0 Å². The van der Waals surface area contributed by atoms with Crippen molar-refractivity contribution in [2.75, 3.05) is 14.1 Å². The van der Waals surface area contributed by atoms with Crippen molar-refractivity contribution in [3.8, 4) is 0 Å². The van der Waals surface area contributed by atoms with Crippen LogP contribution in [0, 0.1) is 0 Å². The number of nitrogens with one attached hydrogen (secondary N) is 1. The molecule has 0 unspecified atom stereocenters. The second-order valence-electron chi connectivity index (χ2n) is 4.14. The summed E-state index contributed by atoms with van der Waals surface area (Å²) in [6.45, 7) is 0.792. The SMILES string of the molecule is CN(C)C(=O)[C@H]1Cc2ccccc2CN1. The van der Waals surface area contributed by atoms with Crippen molar-refractivity contribution in [2.45, 2.75) is 19.0 Å². The summed E-state index contributed by atoms with van der Waals surface area (Å²) >= 11 is 0. The molecule has 0 spiro atoms. The lowest BCUT2D eigenvalue weighted by atomic mass is 9.95. The number of amides is 1. The molecule has 1 amide bonds. The highest BCUT2D eigenvalue weighted by molar-refractivity contribution is 5.82. The fraction of sp³-hybridized carbons (Fsp3) is 0.417. The average molecular weight is 204 g/mol. The second-order valence-corrected chi connectivity index (χ2v) is 4.14. The highest BCUT2D eigenvalue weighted by Gasteiger charge is 2.24. The Morgan fingerprint density at radius 2 is 2.00 bits per heavy atom. The monoisotopic (exact) mass is 204 g/mol. The van der Waals surface area contributed by atoms with Crippen LogP contribution >= 0.6 is 0 Å². The van der Waals surface area contributed by atoms with E-state index in [0.29, 0.717) is 0 Å². The Balaban J connectivity index is 2.15. The van der Waals surface area contributed by atoms with E-state index in [-0.39, 0.29) is 11.9 Å². The summed E-state index contributed by atoms with van der Waals surface area (Å²) in [6.07, 6.45) is 0.799. The zero-order chi connectivity index (χ0) is 10.8. The number of carbonyl (C=O) groups excluding carboxylic acids is 1. The number of carbonyl (C=O) groups is 1. The lowest BCUT2D eigenvalue weighted by Crippen LogP contribution is -2.47. The predicted octanol–water partition coefficient (Wildman–Crippen LogP) is 0.789. The molecule has 15 heavy (non-hydrogen) atoms. The molecule has 0 aliphatic carbocycles. The van der Waals surface area contributed by atoms with Crippen molar-refractivity contribution in [2.24, 2.45) is 0 Å². The van der Waals surface area contributed by atoms with Crippen molar-refractivity contribution < 1.29 is 4.79 Å². The smallest absolute Gasteiger partial charge is 0.239 e. The van der Waals surface area contributed by atoms with Gasteiger partial charge in [-0.1, -0.05) is 24.3 Å². The Hall–Kier alpha value is -1.35. The van der Waals surface area contributed by atoms with Crippen molar-refractivity contribution in [1.29, 1.82) is 0 Å². The highest BCUT2D eigenvalue weighted by atomic mass is 16.2. The molecule has 0 radical (unpaired) electrons. The summed E-state index contributed by atoms with van der Waals surface area (Å²) in [7, 11) is 3.59. The first-order chi connectivity index (χ1) is 7.18. The molecule has 3 heteroatoms. The standard InChI is InChI=1S/C12H16N2O/c1-14(2)12(15)11-7-9-5-3-4-6-10(9)8-13-11/h3-6,11,13H,7-8H2,1-2H3/t11-/m1/s1. The summed E-state index contributed by atoms with van der Waals surface area (Å²) in [4.78, 5) is 13.4. The number of fused-ring (bicyclic) bond motifs is 1. The van der Waals surface area contributed by atoms with E-state index >= 15 is 0 Å². The van der Waals surface area contributed by atoms with Crippen LogP contribution < -0.4 is 5.32 Å². The number of likely N-dealkylation sites (N-methyl/N-ethyl adjacent to an activating group) is 1. The molecule has 1 aromatic carbocycles. The molecule has 1 aromatic rings. The van der Waals surface area contributed by atoms with Gasteiger partial charge < -0.3 is 10.2 Å². The van der Waals surface area contributed by atoms with Crippen LogP contribution in [0.4, 0.5) is 0 Å². The Morgan fingerprint density at radius 1 is 1.33 bits per heavy atom. The lowest BCUT2D eigenvalue weighted by molar-refractivity contribution is -0.131. The van der Waals surface area contributed by atoms with Gasteiger partial charge in [0.05, 0.1) is 6.04 Å². The molecule has 0 aromatic heterocycles. The van der Waals surface area contributed by atoms with Crippen LogP contribution in [-0.2, 0) is 17.8 Å². The minimum atomic E-state index is -0.0603. The van der Waals surface area contributed by atoms with Crippen molar-refractivity contribution in [3.05, 3.63) is 35.4 Å². The van der Waals surface area contributed by atoms with Gasteiger partial charge in [-0.05, 0) is 17.5 Å². The van der Waals surface area contributed by atoms with Crippen LogP contribution in [0.15, 0.2) is 24.3 Å². The number of hydrogen-bond acceptors (Lipinski definition) is 2. The average Bonchev–Trinajstić information content (AvgIpc) is 2.27. The first-order valence-electron chi connectivity index (χ1n) is 5.20. The molecule has 1 atom stereocenters. The van der Waals surface area contributed by atoms with Crippen molar-refractivity contribution in [1.82, 2.24) is 10.2 Å². The second kappa shape index (κ2) is 4.03. The van der Waals surface area contributed by atoms with E-state index in [2.05, 4.69) is 17.4 Å². The van der Waals surface area contributed by atoms with Gasteiger partial charge in [-0.2, -0.15) is 0 Å². The van der Waals surface area contributed by atoms with E-state index in [4.69, 9.17) is 0 Å². The Labute approximate surface area is 90.1 Å². The third kappa shape index (κ3) is 2.02. The molecule has 0 saturated heterocycles. The quantitative estimate of drug-likeness (QED) is 0.733. The van der Waals surface area contributed by atoms with Crippen molar-refractivity contribution >= 4 is 5.91 Å². The van der Waals surface area contributed by atoms with Crippen molar-refractivity contribution in [3.63, 3.8) is 0 Å². The van der Waals surface area contributed by atoms with Gasteiger partial charge in [-0.15, -0.1) is 0 Å². The molecule has 1 aliphatic rings. The van der Waals surface area contributed by atoms with E-state index in [1.54, 1.807) is 19.0 Å². The van der Waals surface area contributed by atoms with Gasteiger partial charge in [0.15, 0.2) is 0 Å². The van der Waals surface area contributed by atoms with Gasteiger partial charge in [0.2, 0.25) is 5.91 Å². The molecule has 0 fully saturated rings. The first-order valence-corrected chi connectivity index (χ1v) is 5.20. The van der Waals surface area contributed by atoms with Gasteiger partial charge in [0.25, 0.3) is 0 Å². The van der Waals surface area contributed by atoms with Gasteiger partial charge in [-0.25, -0.2) is 0 Å². The normalized spacial score (nSPS) is 19.5. The number of benzene rings is 1. The van der Waals surface area contributed by atoms with Crippen LogP contribution in [-0.4, -0.2) is 30.9 Å². The highest BCUT2D eigenvalue weighted by Crippen LogP contribution is 2.16. The van der Waals surface area contributed by atoms with Gasteiger partial charge in [0.1, 0.15) is 0 Å². The molecule has 1 heterocycles. The molecule has 0 saturated carbocycles. The van der Waals surface area contributed by atoms with Gasteiger partial charge >= 0.3 is 0 Å². The zero-order valence-corrected chi connectivity index (χ0v) is 9.16. The Bertz CT molecular complexity index is 374. The molecule has 3 nitrogen and oxygen atoms in total. The van der Waals surface area contributed by atoms with Crippen LogP contribution in [0.25, 0.3) is 0 Å². The maximum absolute atomic E-state index is 11.8. The molecule has 80 valence electrons. The lowest BCUT2D eigenvalue weighted by Gasteiger charge is -2.27. The molecular weight excluding hydrogens is 188 g/mol. The summed E-state index contributed by atoms with van der Waals surface area (Å²) < 4.78 is 0. The van der Waals surface area contributed by atoms with Crippen LogP contribution in [0.2, 0.25) is 0 Å². The van der Waals surface area contributed by atoms with Crippen LogP contribution in [0.5, 0.6) is 0 Å². The molecule has 0 bridgehead atoms. The largest absolute Gasteiger partial charge is 0.347 e. The maximum Gasteiger partial charge on any atom is 0.239 e. The van der Waals surface area contributed by atoms with Crippen LogP contribution in [0.1, 0.15) is 11.1 Å². The van der Waals surface area contributed by atoms with E-state index in [1.165, 1.54) is 11.1 Å². The van der Waals surface area contributed by atoms with E-state index in [1.807, 2.05) is 12.1 Å². The van der Waals surface area contributed by atoms with Gasteiger partial charge in [0, 0.05) is 20.6 Å². The minimum absolute atomic E-state index is 0.0603. The molecule has 2 rings (SSSR count). The van der Waals surface area contributed by atoms with Gasteiger partial charge in [-0.3, -0.25) is 4.79 Å². The van der Waals surface area contributed by atoms with E-state index in [9.17, 15) is 4.79 Å². The molecule has 1 N–H and O–H groups in total. The number of nitrogens with zero attached hydrogens (tertiary/aromatic N) is 1. The fourth-order valence-electron chi connectivity index (χ4n) is 1.94. The molecule has 1 aliphatic heterocycles. The summed E-state index contributed by atoms with van der Waals surface area (Å²) in [5.41, 5.74) is 2.59. The first kappa shape index (κ1) is 10.2. The summed E-state index contributed by atoms with van der Waals surface area (Å²) in [5, 5.41) is 3.27. The summed E-state index contributed by atoms with van der Waals surface area (Å²) in [6, 6.07) is 8.22. The minimum Gasteiger partial charge on any atom is -0.347 e. The number of rotatable bonds is 1. The predicted molar refractivity (Wildman–Crippen MR) is 59.5 cm³/mol. The Kier molecular flexibility index (Phi) is 2.73. The topological polar surface area (TPSA) is 32.3 Å². The third-order valence-corrected chi connectivity index (χ3v) is 2.82. The Morgan fingerprint density at radius 3 is 2.67 bits per heavy atom. The molecular formula is C12H16N2O. The third-order valence-electron chi connectivity index (χ3n) is 2.82.